The highest BCUT2D eigenvalue weighted by Crippen LogP contribution is 2.12. The number of tetrazole rings is 1. The summed E-state index contributed by atoms with van der Waals surface area (Å²) >= 11 is 0. The van der Waals surface area contributed by atoms with Crippen LogP contribution in [0.25, 0.3) is 5.69 Å². The summed E-state index contributed by atoms with van der Waals surface area (Å²) in [7, 11) is 0. The lowest BCUT2D eigenvalue weighted by Crippen LogP contribution is -2.51. The molecule has 1 saturated heterocycles. The zero-order chi connectivity index (χ0) is 20.1. The Morgan fingerprint density at radius 1 is 1.00 bits per heavy atom. The molecule has 1 fully saturated rings. The summed E-state index contributed by atoms with van der Waals surface area (Å²) in [5.41, 5.74) is 3.25. The minimum absolute atomic E-state index is 0.0157. The number of aromatic nitrogens is 4. The molecule has 0 saturated carbocycles. The molecule has 0 bridgehead atoms. The van der Waals surface area contributed by atoms with Crippen LogP contribution in [-0.2, 0) is 13.1 Å². The summed E-state index contributed by atoms with van der Waals surface area (Å²) in [4.78, 5) is 16.6. The van der Waals surface area contributed by atoms with E-state index in [0.29, 0.717) is 26.2 Å². The number of rotatable bonds is 5. The van der Waals surface area contributed by atoms with Crippen molar-refractivity contribution in [3.05, 3.63) is 71.5 Å². The van der Waals surface area contributed by atoms with Gasteiger partial charge in [0.1, 0.15) is 0 Å². The summed E-state index contributed by atoms with van der Waals surface area (Å²) in [6.07, 6.45) is 0. The van der Waals surface area contributed by atoms with Gasteiger partial charge in [-0.1, -0.05) is 48.0 Å². The van der Waals surface area contributed by atoms with E-state index in [4.69, 9.17) is 0 Å². The van der Waals surface area contributed by atoms with Gasteiger partial charge in [-0.3, -0.25) is 4.90 Å². The van der Waals surface area contributed by atoms with Crippen molar-refractivity contribution in [2.45, 2.75) is 20.0 Å². The highest BCUT2D eigenvalue weighted by Gasteiger charge is 2.22. The van der Waals surface area contributed by atoms with Crippen molar-refractivity contribution in [2.75, 3.05) is 26.2 Å². The lowest BCUT2D eigenvalue weighted by molar-refractivity contribution is 0.133. The monoisotopic (exact) mass is 391 g/mol. The van der Waals surface area contributed by atoms with E-state index in [-0.39, 0.29) is 6.03 Å². The third-order valence-corrected chi connectivity index (χ3v) is 5.12. The van der Waals surface area contributed by atoms with E-state index in [2.05, 4.69) is 32.7 Å². The van der Waals surface area contributed by atoms with Crippen molar-refractivity contribution < 1.29 is 4.79 Å². The molecule has 0 spiro atoms. The molecule has 0 unspecified atom stereocenters. The second-order valence-corrected chi connectivity index (χ2v) is 7.25. The third-order valence-electron chi connectivity index (χ3n) is 5.12. The number of hydrogen-bond acceptors (Lipinski definition) is 5. The maximum absolute atomic E-state index is 12.4. The van der Waals surface area contributed by atoms with Gasteiger partial charge in [0.25, 0.3) is 0 Å². The van der Waals surface area contributed by atoms with Crippen LogP contribution in [0.2, 0.25) is 0 Å². The summed E-state index contributed by atoms with van der Waals surface area (Å²) < 4.78 is 1.78. The molecule has 0 aliphatic carbocycles. The van der Waals surface area contributed by atoms with E-state index >= 15 is 0 Å². The van der Waals surface area contributed by atoms with Crippen LogP contribution >= 0.6 is 0 Å². The summed E-state index contributed by atoms with van der Waals surface area (Å²) in [5.74, 6) is 0.802. The molecule has 1 aliphatic rings. The Hall–Kier alpha value is -3.26. The van der Waals surface area contributed by atoms with Gasteiger partial charge in [-0.15, -0.1) is 5.10 Å². The minimum atomic E-state index is -0.0157. The Bertz CT molecular complexity index is 931. The first kappa shape index (κ1) is 19.1. The van der Waals surface area contributed by atoms with Crippen molar-refractivity contribution in [2.24, 2.45) is 0 Å². The molecular weight excluding hydrogens is 366 g/mol. The molecule has 1 N–H and O–H groups in total. The number of amides is 2. The molecule has 8 heteroatoms. The number of hydrogen-bond donors (Lipinski definition) is 1. The Balaban J connectivity index is 1.29. The standard InChI is InChI=1S/C21H25N7O/c1-17-7-9-19(10-8-17)28-20(23-24-25-28)16-26-11-13-27(14-12-26)21(29)22-15-18-5-3-2-4-6-18/h2-10H,11-16H2,1H3,(H,22,29). The number of nitrogens with zero attached hydrogens (tertiary/aromatic N) is 6. The largest absolute Gasteiger partial charge is 0.334 e. The second kappa shape index (κ2) is 8.83. The van der Waals surface area contributed by atoms with Gasteiger partial charge in [-0.2, -0.15) is 4.68 Å². The van der Waals surface area contributed by atoms with Crippen molar-refractivity contribution in [3.63, 3.8) is 0 Å². The average molecular weight is 391 g/mol. The molecule has 1 aromatic heterocycles. The smallest absolute Gasteiger partial charge is 0.317 e. The van der Waals surface area contributed by atoms with Gasteiger partial charge in [-0.25, -0.2) is 4.79 Å². The van der Waals surface area contributed by atoms with E-state index in [1.165, 1.54) is 5.56 Å². The third kappa shape index (κ3) is 4.78. The fourth-order valence-electron chi connectivity index (χ4n) is 3.39. The van der Waals surface area contributed by atoms with E-state index in [9.17, 15) is 4.79 Å². The normalized spacial score (nSPS) is 14.7. The number of nitrogens with one attached hydrogen (secondary N) is 1. The Morgan fingerprint density at radius 2 is 1.72 bits per heavy atom. The van der Waals surface area contributed by atoms with E-state index in [1.807, 2.05) is 59.5 Å². The average Bonchev–Trinajstić information content (AvgIpc) is 3.22. The van der Waals surface area contributed by atoms with E-state index < -0.39 is 0 Å². The summed E-state index contributed by atoms with van der Waals surface area (Å²) in [6, 6.07) is 18.1. The lowest BCUT2D eigenvalue weighted by Gasteiger charge is -2.34. The molecule has 1 aliphatic heterocycles. The summed E-state index contributed by atoms with van der Waals surface area (Å²) in [5, 5.41) is 15.2. The number of carbonyl (C=O) groups excluding carboxylic acids is 1. The molecule has 3 aromatic rings. The quantitative estimate of drug-likeness (QED) is 0.720. The van der Waals surface area contributed by atoms with Crippen LogP contribution in [0.5, 0.6) is 0 Å². The van der Waals surface area contributed by atoms with Crippen molar-refractivity contribution in [1.29, 1.82) is 0 Å². The van der Waals surface area contributed by atoms with E-state index in [0.717, 1.165) is 30.2 Å². The number of benzene rings is 2. The molecule has 2 heterocycles. The highest BCUT2D eigenvalue weighted by molar-refractivity contribution is 5.74. The molecule has 150 valence electrons. The predicted molar refractivity (Wildman–Crippen MR) is 109 cm³/mol. The zero-order valence-electron chi connectivity index (χ0n) is 16.5. The molecule has 29 heavy (non-hydrogen) atoms. The second-order valence-electron chi connectivity index (χ2n) is 7.25. The topological polar surface area (TPSA) is 79.2 Å². The zero-order valence-corrected chi connectivity index (χ0v) is 16.5. The highest BCUT2D eigenvalue weighted by atomic mass is 16.2. The van der Waals surface area contributed by atoms with Crippen LogP contribution in [0, 0.1) is 6.92 Å². The Kier molecular flexibility index (Phi) is 5.81. The van der Waals surface area contributed by atoms with Crippen molar-refractivity contribution in [3.8, 4) is 5.69 Å². The first-order chi connectivity index (χ1) is 14.2. The number of aryl methyl sites for hydroxylation is 1. The fourth-order valence-corrected chi connectivity index (χ4v) is 3.39. The van der Waals surface area contributed by atoms with Gasteiger partial charge in [-0.05, 0) is 35.0 Å². The number of urea groups is 1. The fraction of sp³-hybridized carbons (Fsp3) is 0.333. The molecular formula is C21H25N7O. The van der Waals surface area contributed by atoms with Crippen molar-refractivity contribution in [1.82, 2.24) is 35.3 Å². The van der Waals surface area contributed by atoms with E-state index in [1.54, 1.807) is 4.68 Å². The van der Waals surface area contributed by atoms with Gasteiger partial charge in [0.15, 0.2) is 5.82 Å². The Labute approximate surface area is 170 Å². The molecule has 0 atom stereocenters. The first-order valence-electron chi connectivity index (χ1n) is 9.82. The molecule has 2 aromatic carbocycles. The molecule has 8 nitrogen and oxygen atoms in total. The van der Waals surface area contributed by atoms with Crippen LogP contribution in [-0.4, -0.2) is 62.2 Å². The van der Waals surface area contributed by atoms with Crippen molar-refractivity contribution >= 4 is 6.03 Å². The molecule has 4 rings (SSSR count). The lowest BCUT2D eigenvalue weighted by atomic mass is 10.2. The van der Waals surface area contributed by atoms with Gasteiger partial charge >= 0.3 is 6.03 Å². The SMILES string of the molecule is Cc1ccc(-n2nnnc2CN2CCN(C(=O)NCc3ccccc3)CC2)cc1. The first-order valence-corrected chi connectivity index (χ1v) is 9.82. The van der Waals surface area contributed by atoms with Gasteiger partial charge in [0.05, 0.1) is 12.2 Å². The molecule has 0 radical (unpaired) electrons. The maximum Gasteiger partial charge on any atom is 0.317 e. The van der Waals surface area contributed by atoms with Crippen LogP contribution in [0.4, 0.5) is 4.79 Å². The number of carbonyl (C=O) groups is 1. The number of piperazine rings is 1. The van der Waals surface area contributed by atoms with Gasteiger partial charge < -0.3 is 10.2 Å². The minimum Gasteiger partial charge on any atom is -0.334 e. The molecule has 2 amide bonds. The summed E-state index contributed by atoms with van der Waals surface area (Å²) in [6.45, 7) is 6.21. The van der Waals surface area contributed by atoms with Gasteiger partial charge in [0, 0.05) is 32.7 Å². The predicted octanol–water partition coefficient (Wildman–Crippen LogP) is 2.00. The van der Waals surface area contributed by atoms with Crippen LogP contribution in [0.3, 0.4) is 0 Å². The van der Waals surface area contributed by atoms with Crippen LogP contribution < -0.4 is 5.32 Å². The Morgan fingerprint density at radius 3 is 2.45 bits per heavy atom. The van der Waals surface area contributed by atoms with Gasteiger partial charge in [0.2, 0.25) is 0 Å². The van der Waals surface area contributed by atoms with Crippen LogP contribution in [0.15, 0.2) is 54.6 Å². The van der Waals surface area contributed by atoms with Crippen LogP contribution in [0.1, 0.15) is 17.0 Å². The maximum atomic E-state index is 12.4.